The van der Waals surface area contributed by atoms with E-state index in [-0.39, 0.29) is 31.2 Å². The number of Topliss-reactive ketones (excluding diaryl/α,β-unsaturated/α-hetero) is 1. The molecule has 3 amide bonds. The number of nitrogens with one attached hydrogen (secondary N) is 4. The fourth-order valence-electron chi connectivity index (χ4n) is 4.24. The lowest BCUT2D eigenvalue weighted by molar-refractivity contribution is -0.138. The Morgan fingerprint density at radius 3 is 2.47 bits per heavy atom. The number of benzene rings is 1. The van der Waals surface area contributed by atoms with Gasteiger partial charge in [0.05, 0.1) is 23.3 Å². The van der Waals surface area contributed by atoms with E-state index in [1.807, 2.05) is 5.32 Å². The molecule has 0 spiro atoms. The van der Waals surface area contributed by atoms with Gasteiger partial charge in [0.25, 0.3) is 0 Å². The standard InChI is InChI=1S/C25H33F3N4O6/c1-24(2,14-30-19(20(35)13-34)10-15-6-5-9-29-21(15)36)11-16(12-33)31-22(37)23(38)32-18-8-4-3-7-17(18)25(26,27)28/h3-4,7-8,12,15-16,19,30,34H,5-6,9-11,13-14H2,1-2H3,(H,29,36)(H,31,37)(H,32,38)/t15-,16-,19-/m0/s1. The first-order valence-corrected chi connectivity index (χ1v) is 12.2. The summed E-state index contributed by atoms with van der Waals surface area (Å²) in [6.07, 6.45) is -2.75. The average Bonchev–Trinajstić information content (AvgIpc) is 2.86. The van der Waals surface area contributed by atoms with Crippen molar-refractivity contribution >= 4 is 35.5 Å². The Bertz CT molecular complexity index is 1030. The number of hydrogen-bond donors (Lipinski definition) is 5. The fourth-order valence-corrected chi connectivity index (χ4v) is 4.24. The normalized spacial score (nSPS) is 17.6. The maximum Gasteiger partial charge on any atom is 0.418 e. The Morgan fingerprint density at radius 2 is 1.87 bits per heavy atom. The molecule has 1 aromatic carbocycles. The van der Waals surface area contributed by atoms with E-state index in [0.717, 1.165) is 24.6 Å². The van der Waals surface area contributed by atoms with Gasteiger partial charge in [-0.1, -0.05) is 26.0 Å². The Hall–Kier alpha value is -3.32. The summed E-state index contributed by atoms with van der Waals surface area (Å²) in [5.74, 6) is -3.70. The molecule has 1 aromatic rings. The van der Waals surface area contributed by atoms with E-state index in [0.29, 0.717) is 19.3 Å². The van der Waals surface area contributed by atoms with Crippen molar-refractivity contribution in [3.05, 3.63) is 29.8 Å². The summed E-state index contributed by atoms with van der Waals surface area (Å²) in [4.78, 5) is 60.5. The summed E-state index contributed by atoms with van der Waals surface area (Å²) in [6, 6.07) is 2.20. The molecule has 1 heterocycles. The zero-order chi connectivity index (χ0) is 28.5. The number of carbonyl (C=O) groups excluding carboxylic acids is 5. The maximum atomic E-state index is 13.1. The number of anilines is 1. The van der Waals surface area contributed by atoms with Crippen molar-refractivity contribution < 1.29 is 42.3 Å². The van der Waals surface area contributed by atoms with Gasteiger partial charge in [-0.2, -0.15) is 13.2 Å². The quantitative estimate of drug-likeness (QED) is 0.196. The first-order chi connectivity index (χ1) is 17.8. The first-order valence-electron chi connectivity index (χ1n) is 12.2. The molecule has 1 aliphatic rings. The number of hydrogen-bond acceptors (Lipinski definition) is 7. The van der Waals surface area contributed by atoms with Crippen LogP contribution in [0.4, 0.5) is 18.9 Å². The summed E-state index contributed by atoms with van der Waals surface area (Å²) in [7, 11) is 0. The number of rotatable bonds is 12. The van der Waals surface area contributed by atoms with E-state index in [1.165, 1.54) is 6.07 Å². The molecule has 0 unspecified atom stereocenters. The van der Waals surface area contributed by atoms with Gasteiger partial charge < -0.3 is 31.2 Å². The van der Waals surface area contributed by atoms with Crippen LogP contribution in [-0.4, -0.2) is 66.7 Å². The minimum Gasteiger partial charge on any atom is -0.389 e. The van der Waals surface area contributed by atoms with Crippen molar-refractivity contribution in [1.82, 2.24) is 16.0 Å². The van der Waals surface area contributed by atoms with Gasteiger partial charge >= 0.3 is 18.0 Å². The van der Waals surface area contributed by atoms with Crippen LogP contribution < -0.4 is 21.3 Å². The van der Waals surface area contributed by atoms with E-state index in [1.54, 1.807) is 13.8 Å². The number of halogens is 3. The first kappa shape index (κ1) is 30.9. The van der Waals surface area contributed by atoms with Gasteiger partial charge in [0, 0.05) is 19.0 Å². The zero-order valence-electron chi connectivity index (χ0n) is 21.2. The summed E-state index contributed by atoms with van der Waals surface area (Å²) in [6.45, 7) is 3.47. The Balaban J connectivity index is 1.97. The second-order valence-corrected chi connectivity index (χ2v) is 10.0. The Kier molecular flexibility index (Phi) is 11.0. The molecule has 0 radical (unpaired) electrons. The third-order valence-electron chi connectivity index (χ3n) is 6.23. The molecule has 0 saturated carbocycles. The fraction of sp³-hybridized carbons (Fsp3) is 0.560. The van der Waals surface area contributed by atoms with Crippen LogP contribution in [0, 0.1) is 11.3 Å². The van der Waals surface area contributed by atoms with E-state index in [2.05, 4.69) is 16.0 Å². The second kappa shape index (κ2) is 13.5. The van der Waals surface area contributed by atoms with Crippen molar-refractivity contribution in [2.75, 3.05) is 25.0 Å². The lowest BCUT2D eigenvalue weighted by Gasteiger charge is -2.31. The van der Waals surface area contributed by atoms with Gasteiger partial charge in [0.1, 0.15) is 12.9 Å². The highest BCUT2D eigenvalue weighted by Crippen LogP contribution is 2.34. The molecular weight excluding hydrogens is 509 g/mol. The number of alkyl halides is 3. The molecule has 13 heteroatoms. The molecule has 1 fully saturated rings. The second-order valence-electron chi connectivity index (χ2n) is 10.0. The highest BCUT2D eigenvalue weighted by molar-refractivity contribution is 6.40. The third-order valence-corrected chi connectivity index (χ3v) is 6.23. The molecule has 1 aliphatic heterocycles. The highest BCUT2D eigenvalue weighted by Gasteiger charge is 2.35. The van der Waals surface area contributed by atoms with Gasteiger partial charge in [-0.25, -0.2) is 0 Å². The predicted molar refractivity (Wildman–Crippen MR) is 131 cm³/mol. The monoisotopic (exact) mass is 542 g/mol. The average molecular weight is 543 g/mol. The molecule has 38 heavy (non-hydrogen) atoms. The Labute approximate surface area is 218 Å². The highest BCUT2D eigenvalue weighted by atomic mass is 19.4. The lowest BCUT2D eigenvalue weighted by Crippen LogP contribution is -2.49. The molecule has 5 N–H and O–H groups in total. The number of aldehydes is 1. The number of ketones is 1. The van der Waals surface area contributed by atoms with Crippen LogP contribution in [0.1, 0.15) is 45.1 Å². The smallest absolute Gasteiger partial charge is 0.389 e. The molecule has 0 aliphatic carbocycles. The molecule has 1 saturated heterocycles. The van der Waals surface area contributed by atoms with Crippen molar-refractivity contribution in [3.8, 4) is 0 Å². The van der Waals surface area contributed by atoms with Crippen LogP contribution in [0.15, 0.2) is 24.3 Å². The molecule has 10 nitrogen and oxygen atoms in total. The van der Waals surface area contributed by atoms with Gasteiger partial charge in [0.15, 0.2) is 5.78 Å². The van der Waals surface area contributed by atoms with Gasteiger partial charge in [0.2, 0.25) is 5.91 Å². The molecule has 0 aromatic heterocycles. The van der Waals surface area contributed by atoms with Crippen molar-refractivity contribution in [2.45, 2.75) is 57.8 Å². The molecule has 3 atom stereocenters. The molecule has 0 bridgehead atoms. The van der Waals surface area contributed by atoms with Crippen LogP contribution in [0.5, 0.6) is 0 Å². The SMILES string of the molecule is CC(C)(CN[C@@H](C[C@@H]1CCCNC1=O)C(=O)CO)C[C@@H](C=O)NC(=O)C(=O)Nc1ccccc1C(F)(F)F. The number of aliphatic hydroxyl groups excluding tert-OH is 1. The number of carbonyl (C=O) groups is 5. The minimum atomic E-state index is -4.75. The number of para-hydroxylation sites is 1. The topological polar surface area (TPSA) is 154 Å². The summed E-state index contributed by atoms with van der Waals surface area (Å²) < 4.78 is 39.4. The molecular formula is C25H33F3N4O6. The minimum absolute atomic E-state index is 0.0195. The van der Waals surface area contributed by atoms with Crippen LogP contribution in [0.3, 0.4) is 0 Å². The van der Waals surface area contributed by atoms with Crippen LogP contribution >= 0.6 is 0 Å². The van der Waals surface area contributed by atoms with Crippen molar-refractivity contribution in [1.29, 1.82) is 0 Å². The van der Waals surface area contributed by atoms with Gasteiger partial charge in [-0.05, 0) is 43.2 Å². The third kappa shape index (κ3) is 9.21. The van der Waals surface area contributed by atoms with E-state index in [9.17, 15) is 42.3 Å². The largest absolute Gasteiger partial charge is 0.418 e. The van der Waals surface area contributed by atoms with Gasteiger partial charge in [-0.3, -0.25) is 19.2 Å². The number of piperidine rings is 1. The summed E-state index contributed by atoms with van der Waals surface area (Å²) >= 11 is 0. The van der Waals surface area contributed by atoms with Crippen LogP contribution in [0.25, 0.3) is 0 Å². The van der Waals surface area contributed by atoms with Crippen LogP contribution in [-0.2, 0) is 30.1 Å². The number of amides is 3. The molecule has 210 valence electrons. The number of aliphatic hydroxyl groups is 1. The Morgan fingerprint density at radius 1 is 1.18 bits per heavy atom. The van der Waals surface area contributed by atoms with E-state index >= 15 is 0 Å². The van der Waals surface area contributed by atoms with E-state index in [4.69, 9.17) is 0 Å². The summed E-state index contributed by atoms with van der Waals surface area (Å²) in [5.41, 5.74) is -2.45. The molecule has 2 rings (SSSR count). The van der Waals surface area contributed by atoms with Crippen molar-refractivity contribution in [2.24, 2.45) is 11.3 Å². The van der Waals surface area contributed by atoms with Crippen molar-refractivity contribution in [3.63, 3.8) is 0 Å². The zero-order valence-corrected chi connectivity index (χ0v) is 21.2. The predicted octanol–water partition coefficient (Wildman–Crippen LogP) is 1.18. The van der Waals surface area contributed by atoms with E-state index < -0.39 is 59.1 Å². The van der Waals surface area contributed by atoms with Gasteiger partial charge in [-0.15, -0.1) is 0 Å². The lowest BCUT2D eigenvalue weighted by atomic mass is 9.84. The maximum absolute atomic E-state index is 13.1. The van der Waals surface area contributed by atoms with Crippen LogP contribution in [0.2, 0.25) is 0 Å². The summed E-state index contributed by atoms with van der Waals surface area (Å²) in [5, 5.41) is 19.2.